The molecule has 0 saturated heterocycles. The van der Waals surface area contributed by atoms with Crippen LogP contribution in [0.1, 0.15) is 12.0 Å². The minimum absolute atomic E-state index is 0.175. The topological polar surface area (TPSA) is 20.2 Å². The first-order valence-corrected chi connectivity index (χ1v) is 9.38. The van der Waals surface area contributed by atoms with E-state index in [9.17, 15) is 0 Å². The molecule has 0 amide bonds. The number of aliphatic hydroxyl groups is 1. The Hall–Kier alpha value is -0.863. The van der Waals surface area contributed by atoms with Crippen molar-refractivity contribution in [3.8, 4) is 0 Å². The van der Waals surface area contributed by atoms with Gasteiger partial charge in [0.25, 0.3) is 0 Å². The predicted molar refractivity (Wildman–Crippen MR) is 73.3 cm³/mol. The molecule has 0 heterocycles. The van der Waals surface area contributed by atoms with E-state index in [1.807, 2.05) is 12.1 Å². The lowest BCUT2D eigenvalue weighted by Gasteiger charge is -2.21. The number of benzene rings is 1. The standard InChI is InChI=1S/C14H22OSi/c1-16(2,3)14(11-12-15)10-9-13-7-5-4-6-8-13/h4-8,11,15H,9-10,12H2,1-3H3. The lowest BCUT2D eigenvalue weighted by molar-refractivity contribution is 0.342. The highest BCUT2D eigenvalue weighted by Crippen LogP contribution is 2.20. The van der Waals surface area contributed by atoms with E-state index >= 15 is 0 Å². The molecule has 0 aliphatic rings. The SMILES string of the molecule is C[Si](C)(C)C(=CCO)CCc1ccccc1. The van der Waals surface area contributed by atoms with Gasteiger partial charge in [0.15, 0.2) is 0 Å². The van der Waals surface area contributed by atoms with Gasteiger partial charge in [-0.15, -0.1) is 0 Å². The quantitative estimate of drug-likeness (QED) is 0.774. The zero-order valence-electron chi connectivity index (χ0n) is 10.5. The summed E-state index contributed by atoms with van der Waals surface area (Å²) in [7, 11) is -1.26. The lowest BCUT2D eigenvalue weighted by Crippen LogP contribution is -2.24. The Labute approximate surface area is 99.8 Å². The number of allylic oxidation sites excluding steroid dienone is 1. The molecular weight excluding hydrogens is 212 g/mol. The average Bonchev–Trinajstić information content (AvgIpc) is 2.24. The van der Waals surface area contributed by atoms with Crippen molar-refractivity contribution in [2.45, 2.75) is 32.5 Å². The van der Waals surface area contributed by atoms with E-state index in [2.05, 4.69) is 43.9 Å². The smallest absolute Gasteiger partial charge is 0.0721 e. The highest BCUT2D eigenvalue weighted by molar-refractivity contribution is 6.83. The lowest BCUT2D eigenvalue weighted by atomic mass is 10.1. The fourth-order valence-electron chi connectivity index (χ4n) is 1.82. The van der Waals surface area contributed by atoms with E-state index in [4.69, 9.17) is 5.11 Å². The Morgan fingerprint density at radius 2 is 1.81 bits per heavy atom. The average molecular weight is 234 g/mol. The molecule has 1 nitrogen and oxygen atoms in total. The van der Waals surface area contributed by atoms with Gasteiger partial charge in [0.05, 0.1) is 14.7 Å². The molecule has 2 heteroatoms. The summed E-state index contributed by atoms with van der Waals surface area (Å²) >= 11 is 0. The van der Waals surface area contributed by atoms with E-state index in [1.165, 1.54) is 10.8 Å². The molecule has 0 aliphatic carbocycles. The van der Waals surface area contributed by atoms with Gasteiger partial charge >= 0.3 is 0 Å². The van der Waals surface area contributed by atoms with Crippen LogP contribution in [-0.2, 0) is 6.42 Å². The van der Waals surface area contributed by atoms with E-state index < -0.39 is 8.07 Å². The first-order chi connectivity index (χ1) is 7.54. The summed E-state index contributed by atoms with van der Waals surface area (Å²) in [5.74, 6) is 0. The van der Waals surface area contributed by atoms with Crippen LogP contribution in [0.2, 0.25) is 19.6 Å². The molecule has 0 fully saturated rings. The highest BCUT2D eigenvalue weighted by Gasteiger charge is 2.18. The number of hydrogen-bond donors (Lipinski definition) is 1. The van der Waals surface area contributed by atoms with Crippen molar-refractivity contribution in [3.63, 3.8) is 0 Å². The maximum Gasteiger partial charge on any atom is 0.0721 e. The number of aliphatic hydroxyl groups excluding tert-OH is 1. The molecular formula is C14H22OSi. The van der Waals surface area contributed by atoms with Gasteiger partial charge in [0.2, 0.25) is 0 Å². The monoisotopic (exact) mass is 234 g/mol. The predicted octanol–water partition coefficient (Wildman–Crippen LogP) is 3.42. The van der Waals surface area contributed by atoms with Crippen molar-refractivity contribution in [1.29, 1.82) is 0 Å². The summed E-state index contributed by atoms with van der Waals surface area (Å²) in [5, 5.41) is 10.5. The van der Waals surface area contributed by atoms with E-state index in [0.717, 1.165) is 12.8 Å². The molecule has 0 aliphatic heterocycles. The molecule has 0 radical (unpaired) electrons. The Bertz CT molecular complexity index is 336. The third kappa shape index (κ3) is 4.33. The molecule has 1 N–H and O–H groups in total. The summed E-state index contributed by atoms with van der Waals surface area (Å²) in [6.45, 7) is 7.17. The Kier molecular flexibility index (Phi) is 4.96. The fourth-order valence-corrected chi connectivity index (χ4v) is 3.40. The number of hydrogen-bond acceptors (Lipinski definition) is 1. The van der Waals surface area contributed by atoms with Crippen LogP contribution in [0.15, 0.2) is 41.6 Å². The Morgan fingerprint density at radius 3 is 2.31 bits per heavy atom. The van der Waals surface area contributed by atoms with Crippen molar-refractivity contribution in [3.05, 3.63) is 47.2 Å². The fraction of sp³-hybridized carbons (Fsp3) is 0.429. The minimum atomic E-state index is -1.26. The van der Waals surface area contributed by atoms with Crippen molar-refractivity contribution in [2.24, 2.45) is 0 Å². The van der Waals surface area contributed by atoms with Gasteiger partial charge in [-0.2, -0.15) is 0 Å². The van der Waals surface area contributed by atoms with Crippen LogP contribution in [0.25, 0.3) is 0 Å². The van der Waals surface area contributed by atoms with E-state index in [0.29, 0.717) is 0 Å². The second-order valence-corrected chi connectivity index (χ2v) is 10.3. The molecule has 0 saturated carbocycles. The summed E-state index contributed by atoms with van der Waals surface area (Å²) < 4.78 is 0. The summed E-state index contributed by atoms with van der Waals surface area (Å²) in [4.78, 5) is 0. The van der Waals surface area contributed by atoms with Crippen molar-refractivity contribution in [2.75, 3.05) is 6.61 Å². The molecule has 1 aromatic rings. The molecule has 0 spiro atoms. The molecule has 0 aromatic heterocycles. The zero-order valence-corrected chi connectivity index (χ0v) is 11.5. The molecule has 0 atom stereocenters. The minimum Gasteiger partial charge on any atom is -0.392 e. The molecule has 0 unspecified atom stereocenters. The highest BCUT2D eigenvalue weighted by atomic mass is 28.3. The normalized spacial score (nSPS) is 12.9. The van der Waals surface area contributed by atoms with Gasteiger partial charge in [-0.25, -0.2) is 0 Å². The maximum absolute atomic E-state index is 9.04. The summed E-state index contributed by atoms with van der Waals surface area (Å²) in [6, 6.07) is 10.5. The van der Waals surface area contributed by atoms with Crippen molar-refractivity contribution < 1.29 is 5.11 Å². The van der Waals surface area contributed by atoms with Gasteiger partial charge < -0.3 is 5.11 Å². The van der Waals surface area contributed by atoms with Crippen LogP contribution in [0.4, 0.5) is 0 Å². The van der Waals surface area contributed by atoms with E-state index in [-0.39, 0.29) is 6.61 Å². The molecule has 1 aromatic carbocycles. The number of rotatable bonds is 5. The summed E-state index contributed by atoms with van der Waals surface area (Å²) in [5.41, 5.74) is 1.38. The first kappa shape index (κ1) is 13.2. The van der Waals surface area contributed by atoms with Gasteiger partial charge in [0, 0.05) is 0 Å². The van der Waals surface area contributed by atoms with Crippen LogP contribution < -0.4 is 0 Å². The zero-order chi connectivity index (χ0) is 12.0. The largest absolute Gasteiger partial charge is 0.392 e. The van der Waals surface area contributed by atoms with Gasteiger partial charge in [-0.05, 0) is 18.4 Å². The molecule has 88 valence electrons. The third-order valence-corrected chi connectivity index (χ3v) is 5.21. The number of aryl methyl sites for hydroxylation is 1. The van der Waals surface area contributed by atoms with Crippen LogP contribution in [0.5, 0.6) is 0 Å². The van der Waals surface area contributed by atoms with Gasteiger partial charge in [-0.1, -0.05) is 61.2 Å². The van der Waals surface area contributed by atoms with Gasteiger partial charge in [-0.3, -0.25) is 0 Å². The summed E-state index contributed by atoms with van der Waals surface area (Å²) in [6.07, 6.45) is 4.17. The second kappa shape index (κ2) is 6.02. The van der Waals surface area contributed by atoms with Crippen LogP contribution in [0, 0.1) is 0 Å². The van der Waals surface area contributed by atoms with Crippen LogP contribution in [-0.4, -0.2) is 19.8 Å². The van der Waals surface area contributed by atoms with Crippen molar-refractivity contribution >= 4 is 8.07 Å². The third-order valence-electron chi connectivity index (χ3n) is 2.83. The molecule has 16 heavy (non-hydrogen) atoms. The van der Waals surface area contributed by atoms with Crippen molar-refractivity contribution in [1.82, 2.24) is 0 Å². The van der Waals surface area contributed by atoms with Gasteiger partial charge in [0.1, 0.15) is 0 Å². The molecule has 1 rings (SSSR count). The molecule has 0 bridgehead atoms. The van der Waals surface area contributed by atoms with Crippen LogP contribution in [0.3, 0.4) is 0 Å². The first-order valence-electron chi connectivity index (χ1n) is 5.88. The maximum atomic E-state index is 9.04. The van der Waals surface area contributed by atoms with E-state index in [1.54, 1.807) is 0 Å². The van der Waals surface area contributed by atoms with Crippen LogP contribution >= 0.6 is 0 Å². The second-order valence-electron chi connectivity index (χ2n) is 5.15. The Morgan fingerprint density at radius 1 is 1.19 bits per heavy atom. The Balaban J connectivity index is 2.62.